The molecule has 2 heterocycles. The van der Waals surface area contributed by atoms with Gasteiger partial charge in [0.2, 0.25) is 5.82 Å². The summed E-state index contributed by atoms with van der Waals surface area (Å²) in [5.41, 5.74) is 1.06. The molecule has 38 heavy (non-hydrogen) atoms. The van der Waals surface area contributed by atoms with Crippen LogP contribution in [-0.4, -0.2) is 40.2 Å². The molecule has 0 aliphatic heterocycles. The Labute approximate surface area is 225 Å². The molecule has 192 valence electrons. The number of carbonyl (C=O) groups is 1. The van der Waals surface area contributed by atoms with Crippen LogP contribution in [0.1, 0.15) is 12.5 Å². The van der Waals surface area contributed by atoms with Crippen LogP contribution in [-0.2, 0) is 4.79 Å². The van der Waals surface area contributed by atoms with Gasteiger partial charge in [-0.3, -0.25) is 4.79 Å². The third kappa shape index (κ3) is 4.69. The number of ether oxygens (including phenoxy) is 2. The van der Waals surface area contributed by atoms with E-state index in [4.69, 9.17) is 42.2 Å². The van der Waals surface area contributed by atoms with E-state index in [1.54, 1.807) is 55.6 Å². The lowest BCUT2D eigenvalue weighted by atomic mass is 10.2. The Morgan fingerprint density at radius 1 is 1.11 bits per heavy atom. The predicted molar refractivity (Wildman–Crippen MR) is 145 cm³/mol. The smallest absolute Gasteiger partial charge is 0.344 e. The van der Waals surface area contributed by atoms with Crippen molar-refractivity contribution >= 4 is 57.3 Å². The van der Waals surface area contributed by atoms with Crippen LogP contribution in [0.25, 0.3) is 33.5 Å². The number of halogens is 2. The van der Waals surface area contributed by atoms with E-state index in [1.807, 2.05) is 0 Å². The largest absolute Gasteiger partial charge is 0.496 e. The molecule has 3 aromatic carbocycles. The molecule has 2 aromatic heterocycles. The summed E-state index contributed by atoms with van der Waals surface area (Å²) in [6.45, 7) is 1.36. The van der Waals surface area contributed by atoms with Crippen molar-refractivity contribution in [1.29, 1.82) is 0 Å². The molecule has 0 radical (unpaired) electrons. The highest BCUT2D eigenvalue weighted by atomic mass is 35.5. The van der Waals surface area contributed by atoms with Gasteiger partial charge in [0.1, 0.15) is 11.3 Å². The van der Waals surface area contributed by atoms with E-state index in [9.17, 15) is 9.59 Å². The minimum atomic E-state index is -1.17. The molecule has 0 aliphatic carbocycles. The van der Waals surface area contributed by atoms with Crippen molar-refractivity contribution < 1.29 is 23.8 Å². The average Bonchev–Trinajstić information content (AvgIpc) is 3.34. The zero-order valence-corrected chi connectivity index (χ0v) is 21.5. The maximum atomic E-state index is 13.5. The fourth-order valence-electron chi connectivity index (χ4n) is 3.83. The summed E-state index contributed by atoms with van der Waals surface area (Å²) >= 11 is 12.6. The first-order valence-electron chi connectivity index (χ1n) is 11.3. The highest BCUT2D eigenvalue weighted by Gasteiger charge is 2.19. The van der Waals surface area contributed by atoms with E-state index in [1.165, 1.54) is 25.3 Å². The van der Waals surface area contributed by atoms with E-state index in [0.717, 1.165) is 4.68 Å². The van der Waals surface area contributed by atoms with E-state index in [0.29, 0.717) is 38.9 Å². The number of carboxylic acid groups (broad SMARTS) is 1. The van der Waals surface area contributed by atoms with Crippen LogP contribution in [0.5, 0.6) is 11.5 Å². The van der Waals surface area contributed by atoms with Crippen LogP contribution in [0.4, 0.5) is 0 Å². The second-order valence-electron chi connectivity index (χ2n) is 8.21. The average molecular weight is 552 g/mol. The fraction of sp³-hybridized carbons (Fsp3) is 0.111. The van der Waals surface area contributed by atoms with E-state index in [-0.39, 0.29) is 21.6 Å². The summed E-state index contributed by atoms with van der Waals surface area (Å²) in [6.07, 6.45) is 0.226. The molecular weight excluding hydrogens is 533 g/mol. The minimum Gasteiger partial charge on any atom is -0.496 e. The standard InChI is InChI=1S/C27H19Cl2N3O6/c1-14(27(34)35)37-24-18(28)10-15(11-19(24)29)13-30-32-25(31-20-7-4-3-6-16(20)26(32)33)23-12-17-21(36-2)8-5-9-22(17)38-23/h3-14H,1-2H3,(H,34,35)/t14-/m1/s1. The minimum absolute atomic E-state index is 0.0295. The number of rotatable bonds is 7. The van der Waals surface area contributed by atoms with Crippen LogP contribution >= 0.6 is 23.2 Å². The molecule has 5 rings (SSSR count). The van der Waals surface area contributed by atoms with Gasteiger partial charge in [0.25, 0.3) is 5.56 Å². The Kier molecular flexibility index (Phi) is 6.79. The number of aliphatic carboxylic acids is 1. The van der Waals surface area contributed by atoms with Crippen molar-refractivity contribution in [2.75, 3.05) is 7.11 Å². The third-order valence-corrected chi connectivity index (χ3v) is 6.26. The van der Waals surface area contributed by atoms with Crippen molar-refractivity contribution in [3.8, 4) is 23.1 Å². The molecule has 9 nitrogen and oxygen atoms in total. The fourth-order valence-corrected chi connectivity index (χ4v) is 4.42. The van der Waals surface area contributed by atoms with Crippen molar-refractivity contribution in [3.63, 3.8) is 0 Å². The van der Waals surface area contributed by atoms with Crippen LogP contribution in [0.3, 0.4) is 0 Å². The molecule has 1 atom stereocenters. The zero-order chi connectivity index (χ0) is 27.0. The SMILES string of the molecule is COc1cccc2oc(-c3nc4ccccc4c(=O)n3N=Cc3cc(Cl)c(O[C@H](C)C(=O)O)c(Cl)c3)cc12. The summed E-state index contributed by atoms with van der Waals surface area (Å²) in [4.78, 5) is 29.3. The monoisotopic (exact) mass is 551 g/mol. The summed E-state index contributed by atoms with van der Waals surface area (Å²) < 4.78 is 17.9. The molecule has 0 unspecified atom stereocenters. The number of furan rings is 1. The van der Waals surface area contributed by atoms with Crippen LogP contribution < -0.4 is 15.0 Å². The number of fused-ring (bicyclic) bond motifs is 2. The second-order valence-corrected chi connectivity index (χ2v) is 9.02. The molecular formula is C27H19Cl2N3O6. The Bertz CT molecular complexity index is 1770. The molecule has 11 heteroatoms. The van der Waals surface area contributed by atoms with Crippen molar-refractivity contribution in [3.05, 3.63) is 86.6 Å². The third-order valence-electron chi connectivity index (χ3n) is 5.70. The molecule has 0 saturated heterocycles. The second kappa shape index (κ2) is 10.2. The van der Waals surface area contributed by atoms with Crippen LogP contribution in [0.15, 0.2) is 75.0 Å². The Hall–Kier alpha value is -4.34. The molecule has 0 fully saturated rings. The van der Waals surface area contributed by atoms with Crippen LogP contribution in [0, 0.1) is 0 Å². The lowest BCUT2D eigenvalue weighted by molar-refractivity contribution is -0.144. The number of nitrogens with zero attached hydrogens (tertiary/aromatic N) is 3. The summed E-state index contributed by atoms with van der Waals surface area (Å²) in [7, 11) is 1.56. The lowest BCUT2D eigenvalue weighted by Crippen LogP contribution is -2.23. The van der Waals surface area contributed by atoms with Gasteiger partial charge < -0.3 is 19.0 Å². The van der Waals surface area contributed by atoms with Crippen LogP contribution in [0.2, 0.25) is 10.0 Å². The van der Waals surface area contributed by atoms with Crippen molar-refractivity contribution in [2.24, 2.45) is 5.10 Å². The van der Waals surface area contributed by atoms with E-state index in [2.05, 4.69) is 10.1 Å². The lowest BCUT2D eigenvalue weighted by Gasteiger charge is -2.14. The van der Waals surface area contributed by atoms with Gasteiger partial charge in [-0.15, -0.1) is 0 Å². The molecule has 0 aliphatic rings. The number of hydrogen-bond acceptors (Lipinski definition) is 7. The molecule has 0 bridgehead atoms. The van der Waals surface area contributed by atoms with Gasteiger partial charge in [-0.05, 0) is 55.0 Å². The molecule has 0 amide bonds. The number of methoxy groups -OCH3 is 1. The van der Waals surface area contributed by atoms with Gasteiger partial charge in [0, 0.05) is 0 Å². The van der Waals surface area contributed by atoms with Gasteiger partial charge in [-0.1, -0.05) is 41.4 Å². The highest BCUT2D eigenvalue weighted by molar-refractivity contribution is 6.37. The first-order chi connectivity index (χ1) is 18.3. The maximum Gasteiger partial charge on any atom is 0.344 e. The zero-order valence-electron chi connectivity index (χ0n) is 20.0. The van der Waals surface area contributed by atoms with Crippen molar-refractivity contribution in [1.82, 2.24) is 9.66 Å². The highest BCUT2D eigenvalue weighted by Crippen LogP contribution is 2.35. The number of carboxylic acids is 1. The first kappa shape index (κ1) is 25.3. The first-order valence-corrected chi connectivity index (χ1v) is 12.0. The Morgan fingerprint density at radius 2 is 1.84 bits per heavy atom. The molecule has 0 saturated carbocycles. The quantitative estimate of drug-likeness (QED) is 0.252. The van der Waals surface area contributed by atoms with Gasteiger partial charge in [-0.2, -0.15) is 9.78 Å². The number of benzene rings is 3. The van der Waals surface area contributed by atoms with Gasteiger partial charge in [-0.25, -0.2) is 9.78 Å². The number of para-hydroxylation sites is 1. The number of aromatic nitrogens is 2. The van der Waals surface area contributed by atoms with Gasteiger partial charge in [0.15, 0.2) is 17.6 Å². The predicted octanol–water partition coefficient (Wildman–Crippen LogP) is 5.86. The Balaban J connectivity index is 1.63. The topological polar surface area (TPSA) is 116 Å². The Morgan fingerprint density at radius 3 is 2.55 bits per heavy atom. The number of hydrogen-bond donors (Lipinski definition) is 1. The molecule has 1 N–H and O–H groups in total. The van der Waals surface area contributed by atoms with Gasteiger partial charge in [0.05, 0.1) is 39.7 Å². The maximum absolute atomic E-state index is 13.5. The summed E-state index contributed by atoms with van der Waals surface area (Å²) in [5, 5.41) is 14.7. The molecule has 0 spiro atoms. The van der Waals surface area contributed by atoms with Gasteiger partial charge >= 0.3 is 5.97 Å². The van der Waals surface area contributed by atoms with E-state index < -0.39 is 17.6 Å². The van der Waals surface area contributed by atoms with E-state index >= 15 is 0 Å². The van der Waals surface area contributed by atoms with Crippen molar-refractivity contribution in [2.45, 2.75) is 13.0 Å². The summed E-state index contributed by atoms with van der Waals surface area (Å²) in [6, 6.07) is 17.0. The summed E-state index contributed by atoms with van der Waals surface area (Å²) in [5.74, 6) is -0.0365. The normalized spacial score (nSPS) is 12.3. The molecule has 5 aromatic rings.